The molecule has 4 amide bonds. The average Bonchev–Trinajstić information content (AvgIpc) is 3.26. The van der Waals surface area contributed by atoms with E-state index in [4.69, 9.17) is 11.5 Å². The number of aliphatic carboxylic acids is 1. The number of aromatic nitrogens is 2. The molecule has 0 saturated carbocycles. The summed E-state index contributed by atoms with van der Waals surface area (Å²) in [5.41, 5.74) is 11.1. The molecule has 10 N–H and O–H groups in total. The van der Waals surface area contributed by atoms with Crippen LogP contribution in [0, 0.1) is 0 Å². The van der Waals surface area contributed by atoms with Gasteiger partial charge in [-0.3, -0.25) is 19.2 Å². The van der Waals surface area contributed by atoms with Crippen molar-refractivity contribution in [2.24, 2.45) is 11.5 Å². The highest BCUT2D eigenvalue weighted by Crippen LogP contribution is 2.05. The molecule has 5 unspecified atom stereocenters. The summed E-state index contributed by atoms with van der Waals surface area (Å²) in [5, 5.41) is 26.5. The molecule has 0 aromatic carbocycles. The Kier molecular flexibility index (Phi) is 12.0. The van der Waals surface area contributed by atoms with Crippen molar-refractivity contribution in [3.05, 3.63) is 18.2 Å². The third-order valence-corrected chi connectivity index (χ3v) is 5.30. The predicted octanol–water partition coefficient (Wildman–Crippen LogP) is -3.17. The number of primary amides is 1. The van der Waals surface area contributed by atoms with Crippen LogP contribution < -0.4 is 27.4 Å². The fourth-order valence-corrected chi connectivity index (χ4v) is 3.30. The number of imidazole rings is 1. The van der Waals surface area contributed by atoms with Crippen molar-refractivity contribution in [2.75, 3.05) is 12.0 Å². The number of rotatable bonds is 15. The van der Waals surface area contributed by atoms with Crippen LogP contribution in [-0.4, -0.2) is 92.1 Å². The number of carbonyl (C=O) groups is 5. The van der Waals surface area contributed by atoms with Gasteiger partial charge in [0.05, 0.1) is 24.9 Å². The molecule has 0 aliphatic rings. The van der Waals surface area contributed by atoms with Gasteiger partial charge in [0.2, 0.25) is 23.6 Å². The van der Waals surface area contributed by atoms with Crippen molar-refractivity contribution in [2.45, 2.75) is 56.5 Å². The van der Waals surface area contributed by atoms with E-state index in [0.717, 1.165) is 0 Å². The van der Waals surface area contributed by atoms with Gasteiger partial charge in [0.15, 0.2) is 0 Å². The summed E-state index contributed by atoms with van der Waals surface area (Å²) < 4.78 is 0. The van der Waals surface area contributed by atoms with E-state index in [-0.39, 0.29) is 12.8 Å². The summed E-state index contributed by atoms with van der Waals surface area (Å²) in [5.74, 6) is -4.18. The molecule has 0 aliphatic carbocycles. The molecule has 0 spiro atoms. The van der Waals surface area contributed by atoms with Crippen LogP contribution >= 0.6 is 11.8 Å². The number of nitrogens with two attached hydrogens (primary N) is 2. The van der Waals surface area contributed by atoms with E-state index in [2.05, 4.69) is 25.9 Å². The first kappa shape index (κ1) is 28.9. The third kappa shape index (κ3) is 9.76. The topological polar surface area (TPSA) is 243 Å². The van der Waals surface area contributed by atoms with E-state index in [1.54, 1.807) is 6.26 Å². The second kappa shape index (κ2) is 14.2. The van der Waals surface area contributed by atoms with Gasteiger partial charge in [0.1, 0.15) is 18.1 Å². The molecule has 1 rings (SSSR count). The first-order chi connectivity index (χ1) is 16.0. The SMILES string of the molecule is CSCCC(NC(=O)C(N)CC(N)=O)C(=O)NC(C(=O)NC(Cc1cnc[nH]1)C(=O)O)C(C)O. The van der Waals surface area contributed by atoms with Gasteiger partial charge in [-0.25, -0.2) is 9.78 Å². The number of aliphatic hydroxyl groups is 1. The van der Waals surface area contributed by atoms with Gasteiger partial charge in [0, 0.05) is 18.3 Å². The number of nitrogens with zero attached hydrogens (tertiary/aromatic N) is 1. The number of thioether (sulfide) groups is 1. The van der Waals surface area contributed by atoms with Crippen LogP contribution in [0.15, 0.2) is 12.5 Å². The van der Waals surface area contributed by atoms with Gasteiger partial charge in [-0.1, -0.05) is 0 Å². The minimum absolute atomic E-state index is 0.105. The molecule has 5 atom stereocenters. The lowest BCUT2D eigenvalue weighted by Gasteiger charge is -2.26. The van der Waals surface area contributed by atoms with Crippen LogP contribution in [0.3, 0.4) is 0 Å². The molecule has 190 valence electrons. The molecule has 14 nitrogen and oxygen atoms in total. The zero-order valence-corrected chi connectivity index (χ0v) is 19.6. The maximum atomic E-state index is 12.8. The van der Waals surface area contributed by atoms with E-state index in [1.165, 1.54) is 31.2 Å². The Labute approximate surface area is 200 Å². The van der Waals surface area contributed by atoms with Gasteiger partial charge in [-0.2, -0.15) is 11.8 Å². The van der Waals surface area contributed by atoms with E-state index < -0.39 is 66.3 Å². The first-order valence-corrected chi connectivity index (χ1v) is 11.7. The van der Waals surface area contributed by atoms with E-state index in [1.807, 2.05) is 0 Å². The monoisotopic (exact) mass is 501 g/mol. The third-order valence-electron chi connectivity index (χ3n) is 4.66. The normalized spacial score (nSPS) is 15.3. The van der Waals surface area contributed by atoms with Crippen LogP contribution in [0.2, 0.25) is 0 Å². The minimum Gasteiger partial charge on any atom is -0.480 e. The number of hydrogen-bond acceptors (Lipinski definition) is 9. The summed E-state index contributed by atoms with van der Waals surface area (Å²) in [6.45, 7) is 1.24. The highest BCUT2D eigenvalue weighted by atomic mass is 32.2. The molecule has 15 heteroatoms. The van der Waals surface area contributed by atoms with Gasteiger partial charge in [-0.15, -0.1) is 0 Å². The largest absolute Gasteiger partial charge is 0.480 e. The quantitative estimate of drug-likeness (QED) is 0.120. The van der Waals surface area contributed by atoms with Crippen LogP contribution in [0.4, 0.5) is 0 Å². The van der Waals surface area contributed by atoms with Gasteiger partial charge in [-0.05, 0) is 25.4 Å². The fraction of sp³-hybridized carbons (Fsp3) is 0.579. The van der Waals surface area contributed by atoms with Crippen LogP contribution in [0.25, 0.3) is 0 Å². The molecule has 1 aromatic heterocycles. The first-order valence-electron chi connectivity index (χ1n) is 10.3. The number of carbonyl (C=O) groups excluding carboxylic acids is 4. The molecule has 0 radical (unpaired) electrons. The maximum absolute atomic E-state index is 12.8. The molecule has 1 aromatic rings. The number of aliphatic hydroxyl groups excluding tert-OH is 1. The average molecular weight is 502 g/mol. The molecule has 0 bridgehead atoms. The predicted molar refractivity (Wildman–Crippen MR) is 122 cm³/mol. The number of carboxylic acids is 1. The highest BCUT2D eigenvalue weighted by molar-refractivity contribution is 7.98. The van der Waals surface area contributed by atoms with E-state index in [9.17, 15) is 34.2 Å². The summed E-state index contributed by atoms with van der Waals surface area (Å²) in [6, 6.07) is -5.26. The van der Waals surface area contributed by atoms with Crippen molar-refractivity contribution >= 4 is 41.4 Å². The number of nitrogens with one attached hydrogen (secondary N) is 4. The van der Waals surface area contributed by atoms with Crippen molar-refractivity contribution in [1.82, 2.24) is 25.9 Å². The van der Waals surface area contributed by atoms with Crippen molar-refractivity contribution < 1.29 is 34.2 Å². The zero-order chi connectivity index (χ0) is 25.8. The second-order valence-corrected chi connectivity index (χ2v) is 8.51. The molecule has 1 heterocycles. The summed E-state index contributed by atoms with van der Waals surface area (Å²) in [6.07, 6.45) is 2.78. The van der Waals surface area contributed by atoms with Crippen LogP contribution in [0.1, 0.15) is 25.5 Å². The number of aromatic amines is 1. The number of carboxylic acid groups (broad SMARTS) is 1. The molecule has 34 heavy (non-hydrogen) atoms. The van der Waals surface area contributed by atoms with Gasteiger partial charge < -0.3 is 42.6 Å². The summed E-state index contributed by atoms with van der Waals surface area (Å²) in [4.78, 5) is 66.9. The second-order valence-electron chi connectivity index (χ2n) is 7.53. The smallest absolute Gasteiger partial charge is 0.326 e. The maximum Gasteiger partial charge on any atom is 0.326 e. The van der Waals surface area contributed by atoms with E-state index >= 15 is 0 Å². The Bertz CT molecular complexity index is 850. The number of amides is 4. The van der Waals surface area contributed by atoms with Crippen molar-refractivity contribution in [3.63, 3.8) is 0 Å². The zero-order valence-electron chi connectivity index (χ0n) is 18.8. The Hall–Kier alpha value is -3.17. The lowest BCUT2D eigenvalue weighted by Crippen LogP contribution is -2.60. The van der Waals surface area contributed by atoms with Gasteiger partial charge >= 0.3 is 5.97 Å². The van der Waals surface area contributed by atoms with Crippen molar-refractivity contribution in [3.8, 4) is 0 Å². The summed E-state index contributed by atoms with van der Waals surface area (Å²) >= 11 is 1.40. The van der Waals surface area contributed by atoms with Gasteiger partial charge in [0.25, 0.3) is 0 Å². The number of H-pyrrole nitrogens is 1. The Morgan fingerprint density at radius 2 is 1.76 bits per heavy atom. The van der Waals surface area contributed by atoms with Crippen LogP contribution in [-0.2, 0) is 30.4 Å². The lowest BCUT2D eigenvalue weighted by molar-refractivity contribution is -0.143. The molecular weight excluding hydrogens is 470 g/mol. The standard InChI is InChI=1S/C19H31N7O7S/c1-9(27)15(18(31)25-13(19(32)33)5-10-7-22-8-23-10)26-17(30)12(3-4-34-2)24-16(29)11(20)6-14(21)28/h7-9,11-13,15,27H,3-6,20H2,1-2H3,(H2,21,28)(H,22,23)(H,24,29)(H,25,31)(H,26,30)(H,32,33). The summed E-state index contributed by atoms with van der Waals surface area (Å²) in [7, 11) is 0. The van der Waals surface area contributed by atoms with E-state index in [0.29, 0.717) is 11.4 Å². The number of hydrogen-bond donors (Lipinski definition) is 8. The molecular formula is C19H31N7O7S. The molecule has 0 fully saturated rings. The Morgan fingerprint density at radius 1 is 1.12 bits per heavy atom. The Morgan fingerprint density at radius 3 is 2.26 bits per heavy atom. The van der Waals surface area contributed by atoms with Crippen molar-refractivity contribution in [1.29, 1.82) is 0 Å². The molecule has 0 saturated heterocycles. The van der Waals surface area contributed by atoms with Crippen LogP contribution in [0.5, 0.6) is 0 Å². The molecule has 0 aliphatic heterocycles. The lowest BCUT2D eigenvalue weighted by atomic mass is 10.1. The highest BCUT2D eigenvalue weighted by Gasteiger charge is 2.33. The fourth-order valence-electron chi connectivity index (χ4n) is 2.83. The minimum atomic E-state index is -1.51. The Balaban J connectivity index is 2.91.